The predicted octanol–water partition coefficient (Wildman–Crippen LogP) is 1.51. The first-order valence-electron chi connectivity index (χ1n) is 5.92. The Morgan fingerprint density at radius 2 is 2.06 bits per heavy atom. The number of nitrogen functional groups attached to an aromatic ring is 1. The number of nitrogens with one attached hydrogen (secondary N) is 1. The van der Waals surface area contributed by atoms with E-state index in [1.807, 2.05) is 38.1 Å². The van der Waals surface area contributed by atoms with Crippen LogP contribution in [0.25, 0.3) is 0 Å². The summed E-state index contributed by atoms with van der Waals surface area (Å²) in [4.78, 5) is 0. The lowest BCUT2D eigenvalue weighted by molar-refractivity contribution is -0.137. The Balaban J connectivity index is 1.71. The molecule has 1 aromatic rings. The van der Waals surface area contributed by atoms with E-state index in [2.05, 4.69) is 5.32 Å². The third-order valence-corrected chi connectivity index (χ3v) is 2.75. The van der Waals surface area contributed by atoms with Gasteiger partial charge >= 0.3 is 0 Å². The minimum absolute atomic E-state index is 0.138. The third-order valence-electron chi connectivity index (χ3n) is 2.75. The number of hydrogen-bond acceptors (Lipinski definition) is 4. The highest BCUT2D eigenvalue weighted by Gasteiger charge is 2.32. The van der Waals surface area contributed by atoms with Gasteiger partial charge in [-0.05, 0) is 31.5 Å². The van der Waals surface area contributed by atoms with Crippen LogP contribution >= 0.6 is 0 Å². The maximum atomic E-state index is 5.70. The van der Waals surface area contributed by atoms with Gasteiger partial charge in [0.15, 0.2) is 5.79 Å². The smallest absolute Gasteiger partial charge is 0.163 e. The highest BCUT2D eigenvalue weighted by Crippen LogP contribution is 2.21. The second-order valence-corrected chi connectivity index (χ2v) is 4.82. The van der Waals surface area contributed by atoms with Crippen LogP contribution in [0.4, 0.5) is 5.69 Å². The van der Waals surface area contributed by atoms with Crippen LogP contribution in [0.1, 0.15) is 19.4 Å². The SMILES string of the molecule is CC1(C)OCC(CNCc2ccc(N)cc2)O1. The highest BCUT2D eigenvalue weighted by atomic mass is 16.7. The molecular weight excluding hydrogens is 216 g/mol. The quantitative estimate of drug-likeness (QED) is 0.778. The Hall–Kier alpha value is -1.10. The fraction of sp³-hybridized carbons (Fsp3) is 0.538. The molecule has 1 aliphatic rings. The molecular formula is C13H20N2O2. The summed E-state index contributed by atoms with van der Waals surface area (Å²) < 4.78 is 11.2. The second-order valence-electron chi connectivity index (χ2n) is 4.82. The van der Waals surface area contributed by atoms with E-state index in [0.29, 0.717) is 6.61 Å². The van der Waals surface area contributed by atoms with E-state index in [1.165, 1.54) is 5.56 Å². The summed E-state index contributed by atoms with van der Waals surface area (Å²) in [5, 5.41) is 3.36. The Morgan fingerprint density at radius 1 is 1.35 bits per heavy atom. The summed E-state index contributed by atoms with van der Waals surface area (Å²) in [7, 11) is 0. The maximum Gasteiger partial charge on any atom is 0.163 e. The van der Waals surface area contributed by atoms with Crippen LogP contribution in [0.3, 0.4) is 0 Å². The number of benzene rings is 1. The van der Waals surface area contributed by atoms with Crippen LogP contribution < -0.4 is 11.1 Å². The van der Waals surface area contributed by atoms with E-state index >= 15 is 0 Å². The number of ether oxygens (including phenoxy) is 2. The molecule has 0 aromatic heterocycles. The van der Waals surface area contributed by atoms with Crippen molar-refractivity contribution in [2.45, 2.75) is 32.3 Å². The zero-order chi connectivity index (χ0) is 12.3. The van der Waals surface area contributed by atoms with E-state index in [-0.39, 0.29) is 6.10 Å². The molecule has 4 nitrogen and oxygen atoms in total. The molecule has 0 spiro atoms. The predicted molar refractivity (Wildman–Crippen MR) is 67.5 cm³/mol. The van der Waals surface area contributed by atoms with Gasteiger partial charge in [-0.3, -0.25) is 0 Å². The number of rotatable bonds is 4. The minimum atomic E-state index is -0.437. The van der Waals surface area contributed by atoms with Crippen LogP contribution in [0.5, 0.6) is 0 Å². The van der Waals surface area contributed by atoms with Crippen molar-refractivity contribution < 1.29 is 9.47 Å². The fourth-order valence-electron chi connectivity index (χ4n) is 1.88. The Bertz CT molecular complexity index is 362. The molecule has 0 bridgehead atoms. The molecule has 1 unspecified atom stereocenters. The summed E-state index contributed by atoms with van der Waals surface area (Å²) >= 11 is 0. The Labute approximate surface area is 102 Å². The molecule has 2 rings (SSSR count). The van der Waals surface area contributed by atoms with Gasteiger partial charge in [0.2, 0.25) is 0 Å². The minimum Gasteiger partial charge on any atom is -0.399 e. The summed E-state index contributed by atoms with van der Waals surface area (Å²) in [6, 6.07) is 7.88. The molecule has 1 heterocycles. The van der Waals surface area contributed by atoms with E-state index < -0.39 is 5.79 Å². The first kappa shape index (κ1) is 12.4. The van der Waals surface area contributed by atoms with Crippen molar-refractivity contribution in [3.05, 3.63) is 29.8 Å². The van der Waals surface area contributed by atoms with Crippen molar-refractivity contribution in [3.8, 4) is 0 Å². The normalized spacial score (nSPS) is 22.8. The lowest BCUT2D eigenvalue weighted by atomic mass is 10.2. The van der Waals surface area contributed by atoms with Crippen LogP contribution in [-0.2, 0) is 16.0 Å². The molecule has 0 saturated carbocycles. The molecule has 1 aliphatic heterocycles. The van der Waals surface area contributed by atoms with Crippen molar-refractivity contribution in [2.24, 2.45) is 0 Å². The van der Waals surface area contributed by atoms with Crippen molar-refractivity contribution in [3.63, 3.8) is 0 Å². The largest absolute Gasteiger partial charge is 0.399 e. The summed E-state index contributed by atoms with van der Waals surface area (Å²) in [6.07, 6.45) is 0.138. The van der Waals surface area contributed by atoms with Crippen LogP contribution in [0, 0.1) is 0 Å². The van der Waals surface area contributed by atoms with Gasteiger partial charge in [-0.2, -0.15) is 0 Å². The van der Waals surface area contributed by atoms with Crippen LogP contribution in [0.2, 0.25) is 0 Å². The average Bonchev–Trinajstić information content (AvgIpc) is 2.61. The van der Waals surface area contributed by atoms with Gasteiger partial charge < -0.3 is 20.5 Å². The van der Waals surface area contributed by atoms with E-state index in [9.17, 15) is 0 Å². The lowest BCUT2D eigenvalue weighted by Crippen LogP contribution is -2.30. The van der Waals surface area contributed by atoms with Crippen molar-refractivity contribution in [1.82, 2.24) is 5.32 Å². The second kappa shape index (κ2) is 5.04. The number of nitrogens with two attached hydrogens (primary N) is 1. The van der Waals surface area contributed by atoms with Gasteiger partial charge in [0.25, 0.3) is 0 Å². The fourth-order valence-corrected chi connectivity index (χ4v) is 1.88. The van der Waals surface area contributed by atoms with Gasteiger partial charge in [0.1, 0.15) is 0 Å². The van der Waals surface area contributed by atoms with Gasteiger partial charge in [0, 0.05) is 18.8 Å². The Morgan fingerprint density at radius 3 is 2.65 bits per heavy atom. The summed E-state index contributed by atoms with van der Waals surface area (Å²) in [5.41, 5.74) is 7.64. The molecule has 0 radical (unpaired) electrons. The average molecular weight is 236 g/mol. The maximum absolute atomic E-state index is 5.70. The van der Waals surface area contributed by atoms with E-state index in [1.54, 1.807) is 0 Å². The third kappa shape index (κ3) is 3.70. The first-order valence-corrected chi connectivity index (χ1v) is 5.92. The first-order chi connectivity index (χ1) is 8.05. The highest BCUT2D eigenvalue weighted by molar-refractivity contribution is 5.39. The Kier molecular flexibility index (Phi) is 3.66. The van der Waals surface area contributed by atoms with Crippen LogP contribution in [-0.4, -0.2) is 25.0 Å². The monoisotopic (exact) mass is 236 g/mol. The van der Waals surface area contributed by atoms with Gasteiger partial charge in [0.05, 0.1) is 12.7 Å². The molecule has 4 heteroatoms. The lowest BCUT2D eigenvalue weighted by Gasteiger charge is -2.17. The van der Waals surface area contributed by atoms with Gasteiger partial charge in [-0.1, -0.05) is 12.1 Å². The molecule has 17 heavy (non-hydrogen) atoms. The summed E-state index contributed by atoms with van der Waals surface area (Å²) in [6.45, 7) is 6.15. The van der Waals surface area contributed by atoms with E-state index in [0.717, 1.165) is 18.8 Å². The van der Waals surface area contributed by atoms with Crippen molar-refractivity contribution in [1.29, 1.82) is 0 Å². The number of hydrogen-bond donors (Lipinski definition) is 2. The summed E-state index contributed by atoms with van der Waals surface area (Å²) in [5.74, 6) is -0.437. The molecule has 0 amide bonds. The number of anilines is 1. The molecule has 1 saturated heterocycles. The van der Waals surface area contributed by atoms with Crippen molar-refractivity contribution in [2.75, 3.05) is 18.9 Å². The van der Waals surface area contributed by atoms with Crippen LogP contribution in [0.15, 0.2) is 24.3 Å². The molecule has 3 N–H and O–H groups in total. The molecule has 0 aliphatic carbocycles. The standard InChI is InChI=1S/C13H20N2O2/c1-13(2)16-9-12(17-13)8-15-7-10-3-5-11(14)6-4-10/h3-6,12,15H,7-9,14H2,1-2H3. The topological polar surface area (TPSA) is 56.5 Å². The molecule has 94 valence electrons. The molecule has 1 aromatic carbocycles. The van der Waals surface area contributed by atoms with Crippen molar-refractivity contribution >= 4 is 5.69 Å². The van der Waals surface area contributed by atoms with Gasteiger partial charge in [-0.25, -0.2) is 0 Å². The van der Waals surface area contributed by atoms with Gasteiger partial charge in [-0.15, -0.1) is 0 Å². The van der Waals surface area contributed by atoms with E-state index in [4.69, 9.17) is 15.2 Å². The zero-order valence-electron chi connectivity index (χ0n) is 10.4. The molecule has 1 fully saturated rings. The molecule has 1 atom stereocenters. The zero-order valence-corrected chi connectivity index (χ0v) is 10.4.